The van der Waals surface area contributed by atoms with Crippen molar-refractivity contribution in [3.8, 4) is 5.75 Å². The number of aromatic nitrogens is 1. The minimum absolute atomic E-state index is 0.0490. The number of pyridine rings is 1. The number of aliphatic hydroxyl groups is 2. The van der Waals surface area contributed by atoms with E-state index in [1.807, 2.05) is 0 Å². The van der Waals surface area contributed by atoms with Gasteiger partial charge in [0.2, 0.25) is 0 Å². The molecule has 78 valence electrons. The number of aliphatic hydroxyl groups excluding tert-OH is 1. The molecule has 0 aliphatic heterocycles. The fourth-order valence-electron chi connectivity index (χ4n) is 1.33. The van der Waals surface area contributed by atoms with Crippen LogP contribution < -0.4 is 0 Å². The molecule has 0 fully saturated rings. The van der Waals surface area contributed by atoms with E-state index in [2.05, 4.69) is 4.98 Å². The van der Waals surface area contributed by atoms with Crippen LogP contribution in [-0.2, 0) is 12.2 Å². The summed E-state index contributed by atoms with van der Waals surface area (Å²) < 4.78 is 0. The van der Waals surface area contributed by atoms with E-state index in [0.29, 0.717) is 16.8 Å². The van der Waals surface area contributed by atoms with Crippen LogP contribution in [-0.4, -0.2) is 20.3 Å². The minimum atomic E-state index is -1.11. The maximum atomic E-state index is 9.75. The summed E-state index contributed by atoms with van der Waals surface area (Å²) in [7, 11) is 0. The normalized spacial score (nSPS) is 11.8. The zero-order chi connectivity index (χ0) is 10.9. The summed E-state index contributed by atoms with van der Waals surface area (Å²) in [5, 5.41) is 28.5. The third kappa shape index (κ3) is 1.86. The van der Waals surface area contributed by atoms with Gasteiger partial charge in [0.05, 0.1) is 17.9 Å². The number of aryl methyl sites for hydroxylation is 1. The molecule has 0 bridgehead atoms. The van der Waals surface area contributed by atoms with Crippen LogP contribution in [0, 0.1) is 6.92 Å². The Morgan fingerprint density at radius 1 is 1.43 bits per heavy atom. The lowest BCUT2D eigenvalue weighted by Crippen LogP contribution is -2.19. The van der Waals surface area contributed by atoms with Crippen molar-refractivity contribution < 1.29 is 15.3 Å². The van der Waals surface area contributed by atoms with Gasteiger partial charge in [-0.25, -0.2) is 0 Å². The van der Waals surface area contributed by atoms with E-state index in [-0.39, 0.29) is 12.4 Å². The smallest absolute Gasteiger partial charge is 0.142 e. The molecule has 0 amide bonds. The van der Waals surface area contributed by atoms with E-state index < -0.39 is 5.60 Å². The SMILES string of the molecule is Cc1ncc(C(C)(C)O)c(CO)c1O. The lowest BCUT2D eigenvalue weighted by molar-refractivity contribution is 0.0750. The monoisotopic (exact) mass is 197 g/mol. The average molecular weight is 197 g/mol. The maximum absolute atomic E-state index is 9.75. The third-order valence-corrected chi connectivity index (χ3v) is 2.16. The van der Waals surface area contributed by atoms with Crippen LogP contribution in [0.25, 0.3) is 0 Å². The van der Waals surface area contributed by atoms with E-state index >= 15 is 0 Å². The van der Waals surface area contributed by atoms with Gasteiger partial charge in [-0.2, -0.15) is 0 Å². The van der Waals surface area contributed by atoms with Crippen molar-refractivity contribution in [2.75, 3.05) is 0 Å². The van der Waals surface area contributed by atoms with Gasteiger partial charge in [0, 0.05) is 17.3 Å². The van der Waals surface area contributed by atoms with E-state index in [1.54, 1.807) is 20.8 Å². The highest BCUT2D eigenvalue weighted by Crippen LogP contribution is 2.30. The fraction of sp³-hybridized carbons (Fsp3) is 0.500. The topological polar surface area (TPSA) is 73.6 Å². The van der Waals surface area contributed by atoms with Gasteiger partial charge in [0.25, 0.3) is 0 Å². The molecular weight excluding hydrogens is 182 g/mol. The van der Waals surface area contributed by atoms with Crippen molar-refractivity contribution in [3.05, 3.63) is 23.0 Å². The van der Waals surface area contributed by atoms with Gasteiger partial charge in [-0.15, -0.1) is 0 Å². The van der Waals surface area contributed by atoms with Crippen molar-refractivity contribution in [1.29, 1.82) is 0 Å². The van der Waals surface area contributed by atoms with Gasteiger partial charge in [-0.05, 0) is 20.8 Å². The summed E-state index contributed by atoms with van der Waals surface area (Å²) in [4.78, 5) is 3.93. The van der Waals surface area contributed by atoms with Crippen LogP contribution in [0.15, 0.2) is 6.20 Å². The van der Waals surface area contributed by atoms with Crippen LogP contribution in [0.2, 0.25) is 0 Å². The van der Waals surface area contributed by atoms with Gasteiger partial charge in [-0.1, -0.05) is 0 Å². The van der Waals surface area contributed by atoms with Crippen molar-refractivity contribution in [3.63, 3.8) is 0 Å². The van der Waals surface area contributed by atoms with Gasteiger partial charge in [0.15, 0.2) is 0 Å². The molecule has 14 heavy (non-hydrogen) atoms. The Labute approximate surface area is 82.9 Å². The Morgan fingerprint density at radius 2 is 2.00 bits per heavy atom. The van der Waals surface area contributed by atoms with Gasteiger partial charge in [-0.3, -0.25) is 4.98 Å². The molecule has 0 unspecified atom stereocenters. The Balaban J connectivity index is 3.39. The lowest BCUT2D eigenvalue weighted by atomic mass is 9.94. The molecule has 0 spiro atoms. The predicted molar refractivity (Wildman–Crippen MR) is 51.8 cm³/mol. The molecule has 1 rings (SSSR count). The molecule has 4 heteroatoms. The van der Waals surface area contributed by atoms with E-state index in [9.17, 15) is 10.2 Å². The Kier molecular flexibility index (Phi) is 2.78. The quantitative estimate of drug-likeness (QED) is 0.656. The molecule has 1 aromatic rings. The van der Waals surface area contributed by atoms with Gasteiger partial charge < -0.3 is 15.3 Å². The Bertz CT molecular complexity index is 342. The maximum Gasteiger partial charge on any atom is 0.142 e. The first-order valence-electron chi connectivity index (χ1n) is 4.39. The first kappa shape index (κ1) is 10.9. The van der Waals surface area contributed by atoms with Crippen LogP contribution in [0.3, 0.4) is 0 Å². The number of aromatic hydroxyl groups is 1. The number of rotatable bonds is 2. The highest BCUT2D eigenvalue weighted by molar-refractivity contribution is 5.42. The molecule has 3 N–H and O–H groups in total. The molecular formula is C10H15NO3. The number of nitrogens with zero attached hydrogens (tertiary/aromatic N) is 1. The molecule has 0 aliphatic rings. The molecule has 0 saturated heterocycles. The van der Waals surface area contributed by atoms with Crippen LogP contribution in [0.1, 0.15) is 30.7 Å². The molecule has 0 saturated carbocycles. The van der Waals surface area contributed by atoms with E-state index in [1.165, 1.54) is 6.20 Å². The summed E-state index contributed by atoms with van der Waals surface area (Å²) in [6.45, 7) is 4.49. The van der Waals surface area contributed by atoms with Crippen molar-refractivity contribution in [2.24, 2.45) is 0 Å². The highest BCUT2D eigenvalue weighted by atomic mass is 16.3. The van der Waals surface area contributed by atoms with Gasteiger partial charge in [0.1, 0.15) is 5.75 Å². The predicted octanol–water partition coefficient (Wildman–Crippen LogP) is 0.815. The van der Waals surface area contributed by atoms with Crippen LogP contribution in [0.4, 0.5) is 0 Å². The first-order chi connectivity index (χ1) is 6.38. The number of hydrogen-bond donors (Lipinski definition) is 3. The summed E-state index contributed by atoms with van der Waals surface area (Å²) in [5.74, 6) is -0.0490. The molecule has 1 heterocycles. The standard InChI is InChI=1S/C10H15NO3/c1-6-9(13)7(5-12)8(4-11-6)10(2,3)14/h4,12-14H,5H2,1-3H3. The van der Waals surface area contributed by atoms with Gasteiger partial charge >= 0.3 is 0 Å². The summed E-state index contributed by atoms with van der Waals surface area (Å²) in [5.41, 5.74) is 0.117. The molecule has 0 aromatic carbocycles. The average Bonchev–Trinajstić information content (AvgIpc) is 2.07. The molecule has 0 aliphatic carbocycles. The molecule has 1 aromatic heterocycles. The summed E-state index contributed by atoms with van der Waals surface area (Å²) in [6.07, 6.45) is 1.47. The van der Waals surface area contributed by atoms with Crippen molar-refractivity contribution in [1.82, 2.24) is 4.98 Å². The molecule has 0 atom stereocenters. The third-order valence-electron chi connectivity index (χ3n) is 2.16. The number of hydrogen-bond acceptors (Lipinski definition) is 4. The van der Waals surface area contributed by atoms with E-state index in [0.717, 1.165) is 0 Å². The first-order valence-corrected chi connectivity index (χ1v) is 4.39. The second-order valence-electron chi connectivity index (χ2n) is 3.80. The highest BCUT2D eigenvalue weighted by Gasteiger charge is 2.23. The van der Waals surface area contributed by atoms with Crippen molar-refractivity contribution >= 4 is 0 Å². The minimum Gasteiger partial charge on any atom is -0.506 e. The van der Waals surface area contributed by atoms with E-state index in [4.69, 9.17) is 5.11 Å². The summed E-state index contributed by atoms with van der Waals surface area (Å²) in [6, 6.07) is 0. The fourth-order valence-corrected chi connectivity index (χ4v) is 1.33. The van der Waals surface area contributed by atoms with Crippen LogP contribution >= 0.6 is 0 Å². The summed E-state index contributed by atoms with van der Waals surface area (Å²) >= 11 is 0. The zero-order valence-corrected chi connectivity index (χ0v) is 8.57. The zero-order valence-electron chi connectivity index (χ0n) is 8.57. The second kappa shape index (κ2) is 3.55. The Morgan fingerprint density at radius 3 is 2.43 bits per heavy atom. The lowest BCUT2D eigenvalue weighted by Gasteiger charge is -2.21. The molecule has 4 nitrogen and oxygen atoms in total. The largest absolute Gasteiger partial charge is 0.506 e. The van der Waals surface area contributed by atoms with Crippen LogP contribution in [0.5, 0.6) is 5.75 Å². The second-order valence-corrected chi connectivity index (χ2v) is 3.80. The Hall–Kier alpha value is -1.13. The molecule has 0 radical (unpaired) electrons. The van der Waals surface area contributed by atoms with Crippen molar-refractivity contribution in [2.45, 2.75) is 33.0 Å².